The molecule has 1 heterocycles. The zero-order valence-electron chi connectivity index (χ0n) is 14.1. The fourth-order valence-electron chi connectivity index (χ4n) is 2.18. The van der Waals surface area contributed by atoms with Crippen LogP contribution < -0.4 is 10.6 Å². The van der Waals surface area contributed by atoms with E-state index in [1.807, 2.05) is 12.1 Å². The maximum absolute atomic E-state index is 11.5. The summed E-state index contributed by atoms with van der Waals surface area (Å²) in [6.07, 6.45) is 1.21. The highest BCUT2D eigenvalue weighted by atomic mass is 32.2. The number of aliphatic imine (C=N–C) groups is 1. The second-order valence-corrected chi connectivity index (χ2v) is 8.48. The topological polar surface area (TPSA) is 70.6 Å². The van der Waals surface area contributed by atoms with Gasteiger partial charge in [-0.15, -0.1) is 0 Å². The molecule has 0 amide bonds. The fourth-order valence-corrected chi connectivity index (χ4v) is 3.60. The summed E-state index contributed by atoms with van der Waals surface area (Å²) in [5, 5.41) is 10.8. The van der Waals surface area contributed by atoms with Gasteiger partial charge < -0.3 is 10.6 Å². The summed E-state index contributed by atoms with van der Waals surface area (Å²) in [6, 6.07) is 9.01. The van der Waals surface area contributed by atoms with Crippen molar-refractivity contribution in [3.05, 3.63) is 52.2 Å². The van der Waals surface area contributed by atoms with E-state index in [4.69, 9.17) is 0 Å². The fraction of sp³-hybridized carbons (Fsp3) is 0.353. The lowest BCUT2D eigenvalue weighted by Crippen LogP contribution is -2.38. The Bertz CT molecular complexity index is 767. The van der Waals surface area contributed by atoms with Gasteiger partial charge in [0, 0.05) is 26.4 Å². The van der Waals surface area contributed by atoms with E-state index >= 15 is 0 Å². The van der Waals surface area contributed by atoms with E-state index < -0.39 is 9.84 Å². The third kappa shape index (κ3) is 5.35. The number of hydrogen-bond acceptors (Lipinski definition) is 4. The third-order valence-electron chi connectivity index (χ3n) is 3.72. The molecule has 2 N–H and O–H groups in total. The molecule has 0 fully saturated rings. The van der Waals surface area contributed by atoms with Crippen LogP contribution in [0.25, 0.3) is 0 Å². The van der Waals surface area contributed by atoms with E-state index in [9.17, 15) is 8.42 Å². The monoisotopic (exact) mass is 365 g/mol. The van der Waals surface area contributed by atoms with Crippen molar-refractivity contribution in [1.29, 1.82) is 0 Å². The van der Waals surface area contributed by atoms with Gasteiger partial charge in [-0.05, 0) is 46.0 Å². The van der Waals surface area contributed by atoms with Crippen molar-refractivity contribution < 1.29 is 8.42 Å². The molecule has 24 heavy (non-hydrogen) atoms. The Morgan fingerprint density at radius 2 is 1.92 bits per heavy atom. The molecule has 130 valence electrons. The van der Waals surface area contributed by atoms with E-state index in [0.29, 0.717) is 17.4 Å². The molecule has 0 saturated heterocycles. The summed E-state index contributed by atoms with van der Waals surface area (Å²) in [4.78, 5) is 4.55. The predicted octanol–water partition coefficient (Wildman–Crippen LogP) is 2.62. The molecule has 5 nitrogen and oxygen atoms in total. The van der Waals surface area contributed by atoms with E-state index in [1.54, 1.807) is 30.5 Å². The third-order valence-corrected chi connectivity index (χ3v) is 5.55. The molecular formula is C17H23N3O2S2. The van der Waals surface area contributed by atoms with Crippen LogP contribution in [0.2, 0.25) is 0 Å². The molecule has 0 saturated carbocycles. The number of sulfone groups is 1. The maximum Gasteiger partial charge on any atom is 0.191 e. The molecular weight excluding hydrogens is 342 g/mol. The van der Waals surface area contributed by atoms with Crippen molar-refractivity contribution in [2.75, 3.05) is 19.8 Å². The highest BCUT2D eigenvalue weighted by Gasteiger charge is 2.08. The molecule has 2 rings (SSSR count). The van der Waals surface area contributed by atoms with Gasteiger partial charge in [-0.1, -0.05) is 19.1 Å². The first-order chi connectivity index (χ1) is 11.4. The Morgan fingerprint density at radius 1 is 1.21 bits per heavy atom. The Morgan fingerprint density at radius 3 is 2.46 bits per heavy atom. The lowest BCUT2D eigenvalue weighted by molar-refractivity contribution is 0.602. The van der Waals surface area contributed by atoms with Crippen LogP contribution in [0.5, 0.6) is 0 Å². The molecule has 1 unspecified atom stereocenters. The number of nitrogens with zero attached hydrogens (tertiary/aromatic N) is 1. The van der Waals surface area contributed by atoms with Gasteiger partial charge >= 0.3 is 0 Å². The van der Waals surface area contributed by atoms with E-state index in [0.717, 1.165) is 18.1 Å². The molecule has 1 aromatic heterocycles. The highest BCUT2D eigenvalue weighted by Crippen LogP contribution is 2.17. The lowest BCUT2D eigenvalue weighted by Gasteiger charge is -2.15. The second-order valence-electron chi connectivity index (χ2n) is 5.68. The van der Waals surface area contributed by atoms with Gasteiger partial charge in [0.15, 0.2) is 15.8 Å². The minimum atomic E-state index is -3.15. The number of rotatable bonds is 6. The smallest absolute Gasteiger partial charge is 0.191 e. The van der Waals surface area contributed by atoms with Crippen LogP contribution in [0.3, 0.4) is 0 Å². The SMILES string of the molecule is CN=C(NCc1ccc(S(C)(=O)=O)cc1)NCC(C)c1ccsc1. The van der Waals surface area contributed by atoms with Crippen LogP contribution in [-0.4, -0.2) is 34.2 Å². The normalized spacial score (nSPS) is 13.5. The number of hydrogen-bond donors (Lipinski definition) is 2. The summed E-state index contributed by atoms with van der Waals surface area (Å²) in [7, 11) is -1.42. The van der Waals surface area contributed by atoms with Crippen LogP contribution in [0, 0.1) is 0 Å². The molecule has 1 aromatic carbocycles. The number of thiophene rings is 1. The largest absolute Gasteiger partial charge is 0.356 e. The van der Waals surface area contributed by atoms with E-state index in [2.05, 4.69) is 39.4 Å². The molecule has 0 aliphatic heterocycles. The van der Waals surface area contributed by atoms with Gasteiger partial charge in [-0.2, -0.15) is 11.3 Å². The van der Waals surface area contributed by atoms with E-state index in [1.165, 1.54) is 11.8 Å². The predicted molar refractivity (Wildman–Crippen MR) is 100 cm³/mol. The molecule has 0 aliphatic rings. The minimum Gasteiger partial charge on any atom is -0.356 e. The zero-order valence-corrected chi connectivity index (χ0v) is 15.7. The summed E-state index contributed by atoms with van der Waals surface area (Å²) in [5.41, 5.74) is 2.32. The summed E-state index contributed by atoms with van der Waals surface area (Å²) in [6.45, 7) is 3.55. The number of nitrogens with one attached hydrogen (secondary N) is 2. The molecule has 1 atom stereocenters. The Labute approximate surface area is 147 Å². The van der Waals surface area contributed by atoms with Crippen LogP contribution in [0.1, 0.15) is 24.0 Å². The first-order valence-corrected chi connectivity index (χ1v) is 10.5. The summed E-state index contributed by atoms with van der Waals surface area (Å²) in [5.74, 6) is 1.13. The Balaban J connectivity index is 1.85. The van der Waals surface area contributed by atoms with Crippen molar-refractivity contribution in [3.63, 3.8) is 0 Å². The van der Waals surface area contributed by atoms with Crippen molar-refractivity contribution >= 4 is 27.1 Å². The summed E-state index contributed by atoms with van der Waals surface area (Å²) < 4.78 is 22.9. The molecule has 7 heteroatoms. The molecule has 0 aliphatic carbocycles. The van der Waals surface area contributed by atoms with Gasteiger partial charge in [0.25, 0.3) is 0 Å². The molecule has 2 aromatic rings. The average molecular weight is 366 g/mol. The second kappa shape index (κ2) is 8.30. The maximum atomic E-state index is 11.5. The Hall–Kier alpha value is -1.86. The van der Waals surface area contributed by atoms with Gasteiger partial charge in [-0.25, -0.2) is 8.42 Å². The van der Waals surface area contributed by atoms with Gasteiger partial charge in [-0.3, -0.25) is 4.99 Å². The van der Waals surface area contributed by atoms with Crippen LogP contribution in [0.15, 0.2) is 51.0 Å². The van der Waals surface area contributed by atoms with Crippen LogP contribution in [-0.2, 0) is 16.4 Å². The first kappa shape index (κ1) is 18.5. The lowest BCUT2D eigenvalue weighted by atomic mass is 10.1. The van der Waals surface area contributed by atoms with Crippen LogP contribution in [0.4, 0.5) is 0 Å². The van der Waals surface area contributed by atoms with Gasteiger partial charge in [0.1, 0.15) is 0 Å². The van der Waals surface area contributed by atoms with Crippen LogP contribution >= 0.6 is 11.3 Å². The number of guanidine groups is 1. The summed E-state index contributed by atoms with van der Waals surface area (Å²) >= 11 is 1.70. The van der Waals surface area contributed by atoms with Crippen molar-refractivity contribution in [2.24, 2.45) is 4.99 Å². The van der Waals surface area contributed by atoms with Gasteiger partial charge in [0.2, 0.25) is 0 Å². The Kier molecular flexibility index (Phi) is 6.39. The molecule has 0 spiro atoms. The molecule has 0 radical (unpaired) electrons. The van der Waals surface area contributed by atoms with Crippen molar-refractivity contribution in [1.82, 2.24) is 10.6 Å². The minimum absolute atomic E-state index is 0.332. The average Bonchev–Trinajstić information content (AvgIpc) is 3.09. The van der Waals surface area contributed by atoms with Crippen molar-refractivity contribution in [2.45, 2.75) is 24.3 Å². The highest BCUT2D eigenvalue weighted by molar-refractivity contribution is 7.90. The number of benzene rings is 1. The van der Waals surface area contributed by atoms with E-state index in [-0.39, 0.29) is 0 Å². The van der Waals surface area contributed by atoms with Crippen molar-refractivity contribution in [3.8, 4) is 0 Å². The first-order valence-electron chi connectivity index (χ1n) is 7.65. The quantitative estimate of drug-likeness (QED) is 0.610. The van der Waals surface area contributed by atoms with Gasteiger partial charge in [0.05, 0.1) is 4.90 Å². The zero-order chi connectivity index (χ0) is 17.6. The molecule has 0 bridgehead atoms. The standard InChI is InChI=1S/C17H23N3O2S2/c1-13(15-8-9-23-12-15)10-19-17(18-2)20-11-14-4-6-16(7-5-14)24(3,21)22/h4-9,12-13H,10-11H2,1-3H3,(H2,18,19,20).